The highest BCUT2D eigenvalue weighted by atomic mass is 16.5. The molecular weight excluding hydrogens is 234 g/mol. The van der Waals surface area contributed by atoms with E-state index in [0.717, 1.165) is 18.8 Å². The highest BCUT2D eigenvalue weighted by molar-refractivity contribution is 5.35. The van der Waals surface area contributed by atoms with Gasteiger partial charge < -0.3 is 9.64 Å². The highest BCUT2D eigenvalue weighted by Gasteiger charge is 2.37. The Bertz CT molecular complexity index is 400. The van der Waals surface area contributed by atoms with Gasteiger partial charge in [-0.3, -0.25) is 0 Å². The van der Waals surface area contributed by atoms with E-state index in [1.54, 1.807) is 0 Å². The maximum Gasteiger partial charge on any atom is 0.119 e. The molecule has 106 valence electrons. The van der Waals surface area contributed by atoms with Crippen LogP contribution in [0.2, 0.25) is 0 Å². The summed E-state index contributed by atoms with van der Waals surface area (Å²) >= 11 is 0. The average molecular weight is 261 g/mol. The zero-order valence-corrected chi connectivity index (χ0v) is 12.6. The monoisotopic (exact) mass is 261 g/mol. The molecule has 19 heavy (non-hydrogen) atoms. The fourth-order valence-corrected chi connectivity index (χ4v) is 3.28. The van der Waals surface area contributed by atoms with Crippen LogP contribution in [0.3, 0.4) is 0 Å². The molecule has 0 unspecified atom stereocenters. The molecule has 2 nitrogen and oxygen atoms in total. The van der Waals surface area contributed by atoms with Gasteiger partial charge in [-0.25, -0.2) is 0 Å². The summed E-state index contributed by atoms with van der Waals surface area (Å²) in [6.07, 6.45) is 4.85. The molecule has 0 aromatic heterocycles. The fourth-order valence-electron chi connectivity index (χ4n) is 3.28. The summed E-state index contributed by atoms with van der Waals surface area (Å²) in [6, 6.07) is 8.78. The number of nitrogens with zero attached hydrogens (tertiary/aromatic N) is 1. The maximum atomic E-state index is 5.79. The van der Waals surface area contributed by atoms with Gasteiger partial charge in [0.15, 0.2) is 0 Å². The molecule has 2 heteroatoms. The Hall–Kier alpha value is -1.02. The third-order valence-electron chi connectivity index (χ3n) is 4.19. The summed E-state index contributed by atoms with van der Waals surface area (Å²) in [5.74, 6) is 1.03. The van der Waals surface area contributed by atoms with Gasteiger partial charge in [-0.15, -0.1) is 0 Å². The first kappa shape index (κ1) is 14.4. The van der Waals surface area contributed by atoms with Crippen molar-refractivity contribution in [1.82, 2.24) is 4.90 Å². The van der Waals surface area contributed by atoms with Gasteiger partial charge in [0.1, 0.15) is 5.75 Å². The molecule has 1 aliphatic heterocycles. The Balaban J connectivity index is 2.22. The molecule has 1 aromatic carbocycles. The zero-order valence-electron chi connectivity index (χ0n) is 12.6. The van der Waals surface area contributed by atoms with Gasteiger partial charge in [0.25, 0.3) is 0 Å². The van der Waals surface area contributed by atoms with Crippen LogP contribution < -0.4 is 4.74 Å². The molecule has 0 N–H and O–H groups in total. The lowest BCUT2D eigenvalue weighted by Crippen LogP contribution is -2.29. The molecule has 1 aromatic rings. The van der Waals surface area contributed by atoms with Gasteiger partial charge in [0.05, 0.1) is 6.61 Å². The van der Waals surface area contributed by atoms with E-state index < -0.39 is 0 Å². The second-order valence-corrected chi connectivity index (χ2v) is 5.89. The molecule has 1 saturated heterocycles. The minimum atomic E-state index is 0.342. The minimum Gasteiger partial charge on any atom is -0.494 e. The molecular formula is C17H27NO. The third-order valence-corrected chi connectivity index (χ3v) is 4.19. The van der Waals surface area contributed by atoms with Crippen molar-refractivity contribution in [3.05, 3.63) is 29.8 Å². The van der Waals surface area contributed by atoms with Crippen LogP contribution in [0.5, 0.6) is 5.75 Å². The van der Waals surface area contributed by atoms with E-state index in [2.05, 4.69) is 50.1 Å². The van der Waals surface area contributed by atoms with E-state index >= 15 is 0 Å². The predicted octanol–water partition coefficient (Wildman–Crippen LogP) is 3.85. The first-order chi connectivity index (χ1) is 9.20. The van der Waals surface area contributed by atoms with Crippen molar-refractivity contribution in [2.45, 2.75) is 44.9 Å². The summed E-state index contributed by atoms with van der Waals surface area (Å²) in [5, 5.41) is 0. The molecule has 1 atom stereocenters. The van der Waals surface area contributed by atoms with Crippen LogP contribution in [0.15, 0.2) is 24.3 Å². The van der Waals surface area contributed by atoms with Crippen molar-refractivity contribution in [3.8, 4) is 5.75 Å². The Morgan fingerprint density at radius 2 is 2.11 bits per heavy atom. The molecule has 0 radical (unpaired) electrons. The molecule has 0 spiro atoms. The lowest BCUT2D eigenvalue weighted by atomic mass is 9.76. The smallest absolute Gasteiger partial charge is 0.119 e. The predicted molar refractivity (Wildman–Crippen MR) is 80.9 cm³/mol. The Labute approximate surface area is 117 Å². The van der Waals surface area contributed by atoms with Crippen molar-refractivity contribution in [3.63, 3.8) is 0 Å². The topological polar surface area (TPSA) is 12.5 Å². The van der Waals surface area contributed by atoms with Crippen LogP contribution in [0.1, 0.15) is 45.1 Å². The van der Waals surface area contributed by atoms with E-state index in [-0.39, 0.29) is 0 Å². The lowest BCUT2D eigenvalue weighted by molar-refractivity contribution is 0.314. The molecule has 0 amide bonds. The van der Waals surface area contributed by atoms with E-state index in [1.165, 1.54) is 37.9 Å². The molecule has 2 rings (SSSR count). The second-order valence-electron chi connectivity index (χ2n) is 5.89. The van der Waals surface area contributed by atoms with Crippen LogP contribution in [0.25, 0.3) is 0 Å². The van der Waals surface area contributed by atoms with Crippen molar-refractivity contribution < 1.29 is 4.74 Å². The van der Waals surface area contributed by atoms with Gasteiger partial charge in [-0.05, 0) is 50.6 Å². The first-order valence-electron chi connectivity index (χ1n) is 7.62. The van der Waals surface area contributed by atoms with Crippen LogP contribution in [0, 0.1) is 0 Å². The molecule has 1 aliphatic rings. The van der Waals surface area contributed by atoms with Crippen molar-refractivity contribution in [2.24, 2.45) is 0 Å². The molecule has 1 heterocycles. The quantitative estimate of drug-likeness (QED) is 0.771. The molecule has 0 saturated carbocycles. The van der Waals surface area contributed by atoms with Crippen LogP contribution in [0.4, 0.5) is 0 Å². The third kappa shape index (κ3) is 3.30. The summed E-state index contributed by atoms with van der Waals surface area (Å²) in [6.45, 7) is 7.63. The van der Waals surface area contributed by atoms with Gasteiger partial charge in [0, 0.05) is 12.0 Å². The van der Waals surface area contributed by atoms with Crippen molar-refractivity contribution >= 4 is 0 Å². The van der Waals surface area contributed by atoms with Gasteiger partial charge in [0.2, 0.25) is 0 Å². The van der Waals surface area contributed by atoms with E-state index in [1.807, 2.05) is 0 Å². The Kier molecular flexibility index (Phi) is 4.87. The Morgan fingerprint density at radius 1 is 1.26 bits per heavy atom. The van der Waals surface area contributed by atoms with E-state index in [0.29, 0.717) is 5.41 Å². The van der Waals surface area contributed by atoms with Crippen molar-refractivity contribution in [1.29, 1.82) is 0 Å². The van der Waals surface area contributed by atoms with E-state index in [4.69, 9.17) is 4.74 Å². The number of ether oxygens (including phenoxy) is 1. The maximum absolute atomic E-state index is 5.79. The number of likely N-dealkylation sites (N-methyl/N-ethyl adjacent to an activating group) is 1. The van der Waals surface area contributed by atoms with Crippen molar-refractivity contribution in [2.75, 3.05) is 26.7 Å². The number of likely N-dealkylation sites (tertiary alicyclic amines) is 1. The van der Waals surface area contributed by atoms with Crippen LogP contribution in [-0.2, 0) is 5.41 Å². The number of hydrogen-bond donors (Lipinski definition) is 0. The summed E-state index contributed by atoms with van der Waals surface area (Å²) in [7, 11) is 2.23. The first-order valence-corrected chi connectivity index (χ1v) is 7.62. The Morgan fingerprint density at radius 3 is 2.74 bits per heavy atom. The summed E-state index contributed by atoms with van der Waals surface area (Å²) in [5.41, 5.74) is 1.81. The van der Waals surface area contributed by atoms with E-state index in [9.17, 15) is 0 Å². The summed E-state index contributed by atoms with van der Waals surface area (Å²) < 4.78 is 5.79. The minimum absolute atomic E-state index is 0.342. The normalized spacial score (nSPS) is 23.7. The molecule has 0 bridgehead atoms. The standard InChI is InChI=1S/C17H27NO/c1-4-9-17(10-11-18(3)14-17)15-7-6-8-16(13-15)19-12-5-2/h6-8,13H,4-5,9-12,14H2,1-3H3/t17-/m0/s1. The molecule has 1 fully saturated rings. The van der Waals surface area contributed by atoms with Crippen LogP contribution in [-0.4, -0.2) is 31.6 Å². The van der Waals surface area contributed by atoms with Gasteiger partial charge in [-0.1, -0.05) is 32.4 Å². The van der Waals surface area contributed by atoms with Crippen LogP contribution >= 0.6 is 0 Å². The molecule has 0 aliphatic carbocycles. The zero-order chi connectivity index (χ0) is 13.7. The number of hydrogen-bond acceptors (Lipinski definition) is 2. The number of benzene rings is 1. The average Bonchev–Trinajstić information content (AvgIpc) is 2.80. The largest absolute Gasteiger partial charge is 0.494 e. The fraction of sp³-hybridized carbons (Fsp3) is 0.647. The summed E-state index contributed by atoms with van der Waals surface area (Å²) in [4.78, 5) is 2.45. The SMILES string of the molecule is CCCOc1cccc([C@@]2(CCC)CCN(C)C2)c1. The van der Waals surface area contributed by atoms with Gasteiger partial charge in [-0.2, -0.15) is 0 Å². The van der Waals surface area contributed by atoms with Gasteiger partial charge >= 0.3 is 0 Å². The lowest BCUT2D eigenvalue weighted by Gasteiger charge is -2.29. The number of rotatable bonds is 6. The second kappa shape index (κ2) is 6.42. The highest BCUT2D eigenvalue weighted by Crippen LogP contribution is 2.39.